The van der Waals surface area contributed by atoms with E-state index in [1.165, 1.54) is 6.08 Å². The number of nitrogens with two attached hydrogens (primary N) is 1. The van der Waals surface area contributed by atoms with Crippen molar-refractivity contribution in [2.24, 2.45) is 28.4 Å². The molecule has 8 nitrogen and oxygen atoms in total. The van der Waals surface area contributed by atoms with E-state index in [-0.39, 0.29) is 35.6 Å². The minimum absolute atomic E-state index is 0.00286. The minimum atomic E-state index is -0.936. The molecular weight excluding hydrogens is 420 g/mol. The Morgan fingerprint density at radius 3 is 2.42 bits per heavy atom. The molecule has 2 fully saturated rings. The number of carbonyl (C=O) groups is 4. The van der Waals surface area contributed by atoms with Crippen LogP contribution in [0.2, 0.25) is 0 Å². The molecule has 0 radical (unpaired) electrons. The Kier molecular flexibility index (Phi) is 8.49. The molecule has 1 heterocycles. The van der Waals surface area contributed by atoms with E-state index in [0.717, 1.165) is 12.8 Å². The van der Waals surface area contributed by atoms with Gasteiger partial charge in [-0.05, 0) is 41.9 Å². The number of hydrogen-bond donors (Lipinski definition) is 3. The SMILES string of the molecule is C=CCNC(=O)C(=O)C(CCC)NC(=O)[C@@H]1[C@H]2CCC(C)(C)[C@H]2CN1C(=O)[C@@H](N)C(C)(C)C. The topological polar surface area (TPSA) is 122 Å². The monoisotopic (exact) mass is 462 g/mol. The molecule has 2 aliphatic rings. The van der Waals surface area contributed by atoms with Crippen molar-refractivity contribution in [3.8, 4) is 0 Å². The summed E-state index contributed by atoms with van der Waals surface area (Å²) >= 11 is 0. The molecule has 186 valence electrons. The highest BCUT2D eigenvalue weighted by molar-refractivity contribution is 6.38. The average Bonchev–Trinajstić information content (AvgIpc) is 3.26. The molecular formula is C25H42N4O4. The molecule has 0 aromatic carbocycles. The number of carbonyl (C=O) groups excluding carboxylic acids is 4. The van der Waals surface area contributed by atoms with Crippen molar-refractivity contribution in [3.63, 3.8) is 0 Å². The maximum absolute atomic E-state index is 13.6. The normalized spacial score (nSPS) is 25.7. The van der Waals surface area contributed by atoms with Gasteiger partial charge in [-0.2, -0.15) is 0 Å². The largest absolute Gasteiger partial charge is 0.346 e. The molecule has 4 N–H and O–H groups in total. The quantitative estimate of drug-likeness (QED) is 0.356. The van der Waals surface area contributed by atoms with Gasteiger partial charge in [0.2, 0.25) is 17.6 Å². The van der Waals surface area contributed by atoms with Crippen LogP contribution < -0.4 is 16.4 Å². The first-order chi connectivity index (χ1) is 15.3. The van der Waals surface area contributed by atoms with Gasteiger partial charge >= 0.3 is 0 Å². The van der Waals surface area contributed by atoms with E-state index in [2.05, 4.69) is 31.1 Å². The maximum atomic E-state index is 13.6. The van der Waals surface area contributed by atoms with Gasteiger partial charge in [-0.1, -0.05) is 54.0 Å². The number of hydrogen-bond acceptors (Lipinski definition) is 5. The molecule has 1 aliphatic heterocycles. The van der Waals surface area contributed by atoms with Crippen LogP contribution in [0.15, 0.2) is 12.7 Å². The van der Waals surface area contributed by atoms with Crippen molar-refractivity contribution in [3.05, 3.63) is 12.7 Å². The van der Waals surface area contributed by atoms with Gasteiger partial charge in [0.25, 0.3) is 5.91 Å². The van der Waals surface area contributed by atoms with Crippen LogP contribution in [0.25, 0.3) is 0 Å². The molecule has 0 aromatic rings. The Hall–Kier alpha value is -2.22. The molecule has 1 saturated heterocycles. The lowest BCUT2D eigenvalue weighted by Crippen LogP contribution is -2.58. The summed E-state index contributed by atoms with van der Waals surface area (Å²) in [6.07, 6.45) is 4.25. The van der Waals surface area contributed by atoms with Gasteiger partial charge in [0.15, 0.2) is 0 Å². The smallest absolute Gasteiger partial charge is 0.289 e. The Bertz CT molecular complexity index is 786. The van der Waals surface area contributed by atoms with E-state index in [1.807, 2.05) is 27.7 Å². The third-order valence-corrected chi connectivity index (χ3v) is 7.37. The Labute approximate surface area is 198 Å². The minimum Gasteiger partial charge on any atom is -0.346 e. The number of amides is 3. The molecule has 3 amide bonds. The fourth-order valence-corrected chi connectivity index (χ4v) is 5.16. The molecule has 1 unspecified atom stereocenters. The first-order valence-electron chi connectivity index (χ1n) is 12.1. The van der Waals surface area contributed by atoms with Crippen LogP contribution in [0.1, 0.15) is 67.2 Å². The number of rotatable bonds is 9. The van der Waals surface area contributed by atoms with Crippen LogP contribution in [0.3, 0.4) is 0 Å². The number of nitrogens with zero attached hydrogens (tertiary/aromatic N) is 1. The van der Waals surface area contributed by atoms with E-state index >= 15 is 0 Å². The molecule has 8 heteroatoms. The van der Waals surface area contributed by atoms with E-state index in [9.17, 15) is 19.2 Å². The molecule has 1 aliphatic carbocycles. The van der Waals surface area contributed by atoms with Gasteiger partial charge in [0, 0.05) is 13.1 Å². The maximum Gasteiger partial charge on any atom is 0.289 e. The number of Topliss-reactive ketones (excluding diaryl/α,β-unsaturated/α-hetero) is 1. The standard InChI is InChI=1S/C25H42N4O4/c1-8-10-17(19(30)22(32)27-13-9-2)28-21(31)18-15-11-12-25(6,7)16(15)14-29(18)23(33)20(26)24(3,4)5/h9,15-18,20H,2,8,10-14,26H2,1,3-7H3,(H,27,32)(H,28,31)/t15-,16-,17?,18-,20+/m0/s1. The molecule has 5 atom stereocenters. The lowest BCUT2D eigenvalue weighted by atomic mass is 9.79. The van der Waals surface area contributed by atoms with Crippen molar-refractivity contribution >= 4 is 23.5 Å². The zero-order valence-electron chi connectivity index (χ0n) is 21.1. The van der Waals surface area contributed by atoms with E-state index < -0.39 is 35.2 Å². The molecule has 1 saturated carbocycles. The van der Waals surface area contributed by atoms with Crippen LogP contribution in [-0.4, -0.2) is 59.6 Å². The van der Waals surface area contributed by atoms with Crippen LogP contribution in [0.4, 0.5) is 0 Å². The molecule has 0 aromatic heterocycles. The Morgan fingerprint density at radius 1 is 1.24 bits per heavy atom. The first kappa shape index (κ1) is 27.0. The fourth-order valence-electron chi connectivity index (χ4n) is 5.16. The summed E-state index contributed by atoms with van der Waals surface area (Å²) in [6, 6.07) is -2.37. The predicted molar refractivity (Wildman–Crippen MR) is 128 cm³/mol. The van der Waals surface area contributed by atoms with Gasteiger partial charge < -0.3 is 21.3 Å². The van der Waals surface area contributed by atoms with Crippen molar-refractivity contribution in [2.45, 2.75) is 85.4 Å². The van der Waals surface area contributed by atoms with Gasteiger partial charge in [-0.25, -0.2) is 0 Å². The highest BCUT2D eigenvalue weighted by atomic mass is 16.2. The summed E-state index contributed by atoms with van der Waals surface area (Å²) in [5.41, 5.74) is 5.86. The van der Waals surface area contributed by atoms with Gasteiger partial charge in [0.05, 0.1) is 12.1 Å². The lowest BCUT2D eigenvalue weighted by molar-refractivity contribution is -0.144. The number of likely N-dealkylation sites (tertiary alicyclic amines) is 1. The van der Waals surface area contributed by atoms with Crippen molar-refractivity contribution in [1.82, 2.24) is 15.5 Å². The van der Waals surface area contributed by atoms with Crippen molar-refractivity contribution < 1.29 is 19.2 Å². The average molecular weight is 463 g/mol. The number of fused-ring (bicyclic) bond motifs is 1. The van der Waals surface area contributed by atoms with E-state index in [1.54, 1.807) is 4.90 Å². The molecule has 33 heavy (non-hydrogen) atoms. The molecule has 0 bridgehead atoms. The third kappa shape index (κ3) is 5.83. The van der Waals surface area contributed by atoms with Gasteiger partial charge in [0.1, 0.15) is 6.04 Å². The summed E-state index contributed by atoms with van der Waals surface area (Å²) in [4.78, 5) is 53.5. The van der Waals surface area contributed by atoms with Gasteiger partial charge in [-0.15, -0.1) is 6.58 Å². The first-order valence-corrected chi connectivity index (χ1v) is 12.1. The zero-order valence-corrected chi connectivity index (χ0v) is 21.1. The van der Waals surface area contributed by atoms with Crippen LogP contribution in [-0.2, 0) is 19.2 Å². The zero-order chi connectivity index (χ0) is 25.1. The molecule has 0 spiro atoms. The summed E-state index contributed by atoms with van der Waals surface area (Å²) in [5, 5.41) is 5.29. The summed E-state index contributed by atoms with van der Waals surface area (Å²) in [5.74, 6) is -1.86. The van der Waals surface area contributed by atoms with Crippen molar-refractivity contribution in [2.75, 3.05) is 13.1 Å². The highest BCUT2D eigenvalue weighted by Gasteiger charge is 2.56. The second-order valence-electron chi connectivity index (χ2n) is 11.3. The summed E-state index contributed by atoms with van der Waals surface area (Å²) in [6.45, 7) is 16.1. The predicted octanol–water partition coefficient (Wildman–Crippen LogP) is 1.78. The second kappa shape index (κ2) is 10.4. The Balaban J connectivity index is 2.30. The number of ketones is 1. The highest BCUT2D eigenvalue weighted by Crippen LogP contribution is 2.53. The van der Waals surface area contributed by atoms with E-state index in [4.69, 9.17) is 5.73 Å². The number of nitrogens with one attached hydrogen (secondary N) is 2. The van der Waals surface area contributed by atoms with Crippen LogP contribution >= 0.6 is 0 Å². The van der Waals surface area contributed by atoms with Crippen molar-refractivity contribution in [1.29, 1.82) is 0 Å². The summed E-state index contributed by atoms with van der Waals surface area (Å²) < 4.78 is 0. The lowest BCUT2D eigenvalue weighted by Gasteiger charge is -2.34. The van der Waals surface area contributed by atoms with Gasteiger partial charge in [-0.3, -0.25) is 19.2 Å². The van der Waals surface area contributed by atoms with Crippen LogP contribution in [0, 0.1) is 22.7 Å². The van der Waals surface area contributed by atoms with E-state index in [0.29, 0.717) is 19.4 Å². The summed E-state index contributed by atoms with van der Waals surface area (Å²) in [7, 11) is 0. The molecule has 2 rings (SSSR count). The van der Waals surface area contributed by atoms with Crippen LogP contribution in [0.5, 0.6) is 0 Å². The second-order valence-corrected chi connectivity index (χ2v) is 11.3. The Morgan fingerprint density at radius 2 is 1.88 bits per heavy atom. The fraction of sp³-hybridized carbons (Fsp3) is 0.760. The third-order valence-electron chi connectivity index (χ3n) is 7.37.